The van der Waals surface area contributed by atoms with Crippen molar-refractivity contribution in [3.63, 3.8) is 0 Å². The van der Waals surface area contributed by atoms with E-state index in [1.54, 1.807) is 16.0 Å². The standard InChI is InChI=1S/C21H30NSi/c1-16(2)19-13-9-15-21(19)23(20-14-8-7-10-17(20)3)22-18-11-5-4-6-12-18/h7-10,13-14,16,18,22H,4-6,11-12,15H2,1-3H3. The van der Waals surface area contributed by atoms with Gasteiger partial charge in [-0.2, -0.15) is 0 Å². The van der Waals surface area contributed by atoms with E-state index in [-0.39, 0.29) is 0 Å². The summed E-state index contributed by atoms with van der Waals surface area (Å²) in [5.41, 5.74) is 3.04. The first-order valence-corrected chi connectivity index (χ1v) is 10.8. The van der Waals surface area contributed by atoms with Crippen molar-refractivity contribution in [3.8, 4) is 0 Å². The van der Waals surface area contributed by atoms with E-state index in [4.69, 9.17) is 0 Å². The minimum Gasteiger partial charge on any atom is -0.328 e. The van der Waals surface area contributed by atoms with Crippen LogP contribution in [0.5, 0.6) is 0 Å². The summed E-state index contributed by atoms with van der Waals surface area (Å²) in [5, 5.41) is 3.27. The van der Waals surface area contributed by atoms with E-state index < -0.39 is 8.96 Å². The van der Waals surface area contributed by atoms with Gasteiger partial charge in [-0.15, -0.1) is 0 Å². The lowest BCUT2D eigenvalue weighted by atomic mass is 9.96. The molecule has 0 unspecified atom stereocenters. The predicted molar refractivity (Wildman–Crippen MR) is 102 cm³/mol. The van der Waals surface area contributed by atoms with E-state index in [0.29, 0.717) is 5.92 Å². The second kappa shape index (κ2) is 7.63. The fourth-order valence-corrected chi connectivity index (χ4v) is 7.02. The van der Waals surface area contributed by atoms with Gasteiger partial charge in [-0.1, -0.05) is 80.3 Å². The lowest BCUT2D eigenvalue weighted by Crippen LogP contribution is -2.53. The van der Waals surface area contributed by atoms with Gasteiger partial charge in [0.05, 0.1) is 0 Å². The van der Waals surface area contributed by atoms with Gasteiger partial charge in [-0.25, -0.2) is 0 Å². The predicted octanol–water partition coefficient (Wildman–Crippen LogP) is 4.57. The lowest BCUT2D eigenvalue weighted by molar-refractivity contribution is 0.417. The highest BCUT2D eigenvalue weighted by atomic mass is 28.3. The van der Waals surface area contributed by atoms with E-state index in [1.807, 2.05) is 0 Å². The molecule has 1 N–H and O–H groups in total. The molecular formula is C21H30NSi. The summed E-state index contributed by atoms with van der Waals surface area (Å²) in [4.78, 5) is 4.14. The van der Waals surface area contributed by atoms with Crippen LogP contribution in [0.3, 0.4) is 0 Å². The minimum atomic E-state index is -0.855. The number of aryl methyl sites for hydroxylation is 1. The second-order valence-electron chi connectivity index (χ2n) is 7.36. The van der Waals surface area contributed by atoms with Crippen molar-refractivity contribution in [2.24, 2.45) is 5.92 Å². The van der Waals surface area contributed by atoms with E-state index in [2.05, 4.69) is 62.2 Å². The molecule has 0 aromatic heterocycles. The van der Waals surface area contributed by atoms with E-state index in [1.165, 1.54) is 37.7 Å². The highest BCUT2D eigenvalue weighted by Gasteiger charge is 2.29. The van der Waals surface area contributed by atoms with Gasteiger partial charge < -0.3 is 4.98 Å². The van der Waals surface area contributed by atoms with Crippen LogP contribution in [0.4, 0.5) is 0 Å². The monoisotopic (exact) mass is 324 g/mol. The Morgan fingerprint density at radius 2 is 1.83 bits per heavy atom. The number of nitrogens with one attached hydrogen (secondary N) is 1. The first-order chi connectivity index (χ1) is 11.2. The molecular weight excluding hydrogens is 294 g/mol. The van der Waals surface area contributed by atoms with Crippen molar-refractivity contribution in [1.82, 2.24) is 4.98 Å². The Balaban J connectivity index is 1.93. The third-order valence-electron chi connectivity index (χ3n) is 5.26. The summed E-state index contributed by atoms with van der Waals surface area (Å²) >= 11 is 0. The van der Waals surface area contributed by atoms with E-state index >= 15 is 0 Å². The molecule has 0 bridgehead atoms. The van der Waals surface area contributed by atoms with Gasteiger partial charge in [0.15, 0.2) is 0 Å². The molecule has 23 heavy (non-hydrogen) atoms. The number of hydrogen-bond donors (Lipinski definition) is 1. The molecule has 0 saturated heterocycles. The molecule has 2 aliphatic rings. The molecule has 123 valence electrons. The maximum Gasteiger partial charge on any atom is 0.203 e. The van der Waals surface area contributed by atoms with E-state index in [9.17, 15) is 0 Å². The van der Waals surface area contributed by atoms with Crippen LogP contribution in [0.2, 0.25) is 0 Å². The Labute approximate surface area is 143 Å². The first kappa shape index (κ1) is 16.7. The molecule has 1 radical (unpaired) electrons. The second-order valence-corrected chi connectivity index (χ2v) is 9.55. The van der Waals surface area contributed by atoms with Crippen LogP contribution in [0, 0.1) is 12.8 Å². The van der Waals surface area contributed by atoms with Crippen LogP contribution >= 0.6 is 0 Å². The molecule has 1 nitrogen and oxygen atoms in total. The van der Waals surface area contributed by atoms with Crippen LogP contribution < -0.4 is 10.2 Å². The van der Waals surface area contributed by atoms with Crippen LogP contribution in [-0.4, -0.2) is 15.0 Å². The van der Waals surface area contributed by atoms with Crippen LogP contribution in [0.15, 0.2) is 47.2 Å². The van der Waals surface area contributed by atoms with Gasteiger partial charge in [0.25, 0.3) is 0 Å². The summed E-state index contributed by atoms with van der Waals surface area (Å²) in [5.74, 6) is 0.626. The van der Waals surface area contributed by atoms with Gasteiger partial charge in [0.1, 0.15) is 0 Å². The Hall–Kier alpha value is -1.12. The lowest BCUT2D eigenvalue weighted by Gasteiger charge is -2.30. The van der Waals surface area contributed by atoms with Crippen molar-refractivity contribution < 1.29 is 0 Å². The number of allylic oxidation sites excluding steroid dienone is 4. The average Bonchev–Trinajstić information content (AvgIpc) is 3.04. The van der Waals surface area contributed by atoms with E-state index in [0.717, 1.165) is 12.5 Å². The number of hydrogen-bond acceptors (Lipinski definition) is 1. The highest BCUT2D eigenvalue weighted by Crippen LogP contribution is 2.28. The molecule has 2 aliphatic carbocycles. The molecule has 0 spiro atoms. The molecule has 1 aromatic rings. The molecule has 3 rings (SSSR count). The van der Waals surface area contributed by atoms with Crippen molar-refractivity contribution in [2.75, 3.05) is 0 Å². The minimum absolute atomic E-state index is 0.626. The molecule has 1 fully saturated rings. The topological polar surface area (TPSA) is 12.0 Å². The van der Waals surface area contributed by atoms with Crippen LogP contribution in [0.1, 0.15) is 57.9 Å². The first-order valence-electron chi connectivity index (χ1n) is 9.26. The van der Waals surface area contributed by atoms with Crippen molar-refractivity contribution in [2.45, 2.75) is 65.3 Å². The molecule has 0 amide bonds. The molecule has 0 aliphatic heterocycles. The smallest absolute Gasteiger partial charge is 0.203 e. The van der Waals surface area contributed by atoms with Crippen LogP contribution in [-0.2, 0) is 0 Å². The van der Waals surface area contributed by atoms with Crippen molar-refractivity contribution in [1.29, 1.82) is 0 Å². The fraction of sp³-hybridized carbons (Fsp3) is 0.524. The summed E-state index contributed by atoms with van der Waals surface area (Å²) in [6, 6.07) is 9.75. The summed E-state index contributed by atoms with van der Waals surface area (Å²) < 4.78 is 0. The largest absolute Gasteiger partial charge is 0.328 e. The van der Waals surface area contributed by atoms with Gasteiger partial charge in [-0.05, 0) is 42.9 Å². The van der Waals surface area contributed by atoms with Gasteiger partial charge in [0.2, 0.25) is 8.96 Å². The van der Waals surface area contributed by atoms with Crippen molar-refractivity contribution >= 4 is 14.1 Å². The Morgan fingerprint density at radius 3 is 2.52 bits per heavy atom. The Bertz CT molecular complexity index is 594. The van der Waals surface area contributed by atoms with Crippen molar-refractivity contribution in [3.05, 3.63) is 52.8 Å². The molecule has 0 heterocycles. The third-order valence-corrected chi connectivity index (χ3v) is 8.15. The zero-order valence-corrected chi connectivity index (χ0v) is 15.9. The van der Waals surface area contributed by atoms with Gasteiger partial charge in [0, 0.05) is 6.04 Å². The highest BCUT2D eigenvalue weighted by molar-refractivity contribution is 6.78. The quantitative estimate of drug-likeness (QED) is 0.783. The zero-order chi connectivity index (χ0) is 16.2. The molecule has 1 saturated carbocycles. The summed E-state index contributed by atoms with van der Waals surface area (Å²) in [6.45, 7) is 6.95. The zero-order valence-electron chi connectivity index (χ0n) is 14.9. The number of rotatable bonds is 5. The third kappa shape index (κ3) is 3.86. The summed E-state index contributed by atoms with van der Waals surface area (Å²) in [7, 11) is -0.855. The summed E-state index contributed by atoms with van der Waals surface area (Å²) in [6.07, 6.45) is 12.8. The maximum atomic E-state index is 4.14. The fourth-order valence-electron chi connectivity index (χ4n) is 3.94. The molecule has 1 aromatic carbocycles. The van der Waals surface area contributed by atoms with Crippen LogP contribution in [0.25, 0.3) is 0 Å². The Morgan fingerprint density at radius 1 is 1.09 bits per heavy atom. The molecule has 2 heteroatoms. The average molecular weight is 325 g/mol. The molecule has 0 atom stereocenters. The number of benzene rings is 1. The Kier molecular flexibility index (Phi) is 5.55. The van der Waals surface area contributed by atoms with Gasteiger partial charge >= 0.3 is 0 Å². The van der Waals surface area contributed by atoms with Gasteiger partial charge in [-0.3, -0.25) is 0 Å². The maximum absolute atomic E-state index is 4.14. The normalized spacial score (nSPS) is 19.3. The SMILES string of the molecule is Cc1ccccc1[Si](NC1CCCCC1)C1=C(C(C)C)C=CC1.